The van der Waals surface area contributed by atoms with Gasteiger partial charge in [-0.05, 0) is 38.8 Å². The number of carbonyl (C=O) groups is 2. The van der Waals surface area contributed by atoms with Gasteiger partial charge in [0, 0.05) is 50.2 Å². The van der Waals surface area contributed by atoms with Crippen molar-refractivity contribution in [1.82, 2.24) is 34.3 Å². The number of pyridine rings is 1. The van der Waals surface area contributed by atoms with Crippen molar-refractivity contribution in [1.29, 1.82) is 0 Å². The average Bonchev–Trinajstić information content (AvgIpc) is 3.53. The van der Waals surface area contributed by atoms with Gasteiger partial charge in [-0.25, -0.2) is 13.8 Å². The molecule has 43 heavy (non-hydrogen) atoms. The number of rotatable bonds is 8. The molecular formula is C27H31F5N8O3. The number of carbonyl (C=O) groups excluding carboxylic acids is 2. The van der Waals surface area contributed by atoms with Gasteiger partial charge in [-0.1, -0.05) is 6.07 Å². The molecule has 2 aliphatic heterocycles. The normalized spacial score (nSPS) is 17.4. The molecule has 0 spiro atoms. The molecule has 0 bridgehead atoms. The molecule has 2 amide bonds. The Balaban J connectivity index is 1.21. The molecule has 3 aromatic heterocycles. The molecule has 0 unspecified atom stereocenters. The summed E-state index contributed by atoms with van der Waals surface area (Å²) in [5, 5.41) is 20.1. The van der Waals surface area contributed by atoms with E-state index in [1.165, 1.54) is 49.1 Å². The SMILES string of the molecule is CC(C)(O)C(=O)N1CCC(N2CC(n3cc(NC(=O)c4cccc(-c5cnn(CC(F)(F)F)c5)n4)c(C(F)F)n3)C2)CC1. The fourth-order valence-electron chi connectivity index (χ4n) is 5.30. The highest BCUT2D eigenvalue weighted by Gasteiger charge is 2.39. The van der Waals surface area contributed by atoms with Crippen molar-refractivity contribution < 1.29 is 36.6 Å². The predicted octanol–water partition coefficient (Wildman–Crippen LogP) is 3.51. The van der Waals surface area contributed by atoms with Gasteiger partial charge in [0.25, 0.3) is 18.2 Å². The highest BCUT2D eigenvalue weighted by Crippen LogP contribution is 2.32. The van der Waals surface area contributed by atoms with Crippen molar-refractivity contribution in [3.8, 4) is 11.3 Å². The summed E-state index contributed by atoms with van der Waals surface area (Å²) in [4.78, 5) is 33.3. The van der Waals surface area contributed by atoms with Crippen LogP contribution in [0.2, 0.25) is 0 Å². The average molecular weight is 611 g/mol. The second kappa shape index (κ2) is 11.6. The number of anilines is 1. The van der Waals surface area contributed by atoms with Gasteiger partial charge in [-0.15, -0.1) is 0 Å². The van der Waals surface area contributed by atoms with Crippen molar-refractivity contribution in [3.63, 3.8) is 0 Å². The number of likely N-dealkylation sites (tertiary alicyclic amines) is 2. The van der Waals surface area contributed by atoms with Crippen LogP contribution >= 0.6 is 0 Å². The fraction of sp³-hybridized carbons (Fsp3) is 0.519. The van der Waals surface area contributed by atoms with E-state index in [0.29, 0.717) is 30.9 Å². The third-order valence-corrected chi connectivity index (χ3v) is 7.52. The number of hydrogen-bond acceptors (Lipinski definition) is 7. The number of halogens is 5. The van der Waals surface area contributed by atoms with E-state index in [4.69, 9.17) is 0 Å². The first-order chi connectivity index (χ1) is 20.2. The highest BCUT2D eigenvalue weighted by atomic mass is 19.4. The maximum Gasteiger partial charge on any atom is 0.408 e. The Hall–Kier alpha value is -3.92. The van der Waals surface area contributed by atoms with Crippen LogP contribution in [0.1, 0.15) is 55.3 Å². The molecule has 232 valence electrons. The molecule has 11 nitrogen and oxygen atoms in total. The Morgan fingerprint density at radius 1 is 1.09 bits per heavy atom. The first-order valence-electron chi connectivity index (χ1n) is 13.7. The summed E-state index contributed by atoms with van der Waals surface area (Å²) in [6.45, 7) is 3.81. The van der Waals surface area contributed by atoms with Crippen LogP contribution in [0.4, 0.5) is 27.6 Å². The van der Waals surface area contributed by atoms with E-state index < -0.39 is 36.3 Å². The molecular weight excluding hydrogens is 579 g/mol. The molecule has 0 aromatic carbocycles. The van der Waals surface area contributed by atoms with Crippen molar-refractivity contribution in [2.45, 2.75) is 63.5 Å². The summed E-state index contributed by atoms with van der Waals surface area (Å²) in [5.74, 6) is -1.09. The zero-order chi connectivity index (χ0) is 31.1. The quantitative estimate of drug-likeness (QED) is 0.375. The smallest absolute Gasteiger partial charge is 0.381 e. The molecule has 0 aliphatic carbocycles. The number of alkyl halides is 5. The predicted molar refractivity (Wildman–Crippen MR) is 143 cm³/mol. The Morgan fingerprint density at radius 3 is 2.42 bits per heavy atom. The highest BCUT2D eigenvalue weighted by molar-refractivity contribution is 6.03. The third kappa shape index (κ3) is 7.01. The summed E-state index contributed by atoms with van der Waals surface area (Å²) in [6.07, 6.45) is -2.26. The first-order valence-corrected chi connectivity index (χ1v) is 13.7. The topological polar surface area (TPSA) is 121 Å². The van der Waals surface area contributed by atoms with Gasteiger partial charge >= 0.3 is 6.18 Å². The number of amides is 2. The molecule has 0 saturated carbocycles. The first kappa shape index (κ1) is 30.5. The van der Waals surface area contributed by atoms with Crippen LogP contribution in [-0.4, -0.2) is 95.3 Å². The summed E-state index contributed by atoms with van der Waals surface area (Å²) in [6, 6.07) is 4.35. The largest absolute Gasteiger partial charge is 0.408 e. The van der Waals surface area contributed by atoms with Gasteiger partial charge in [0.15, 0.2) is 5.69 Å². The van der Waals surface area contributed by atoms with E-state index in [-0.39, 0.29) is 40.6 Å². The van der Waals surface area contributed by atoms with E-state index in [2.05, 4.69) is 25.4 Å². The zero-order valence-corrected chi connectivity index (χ0v) is 23.4. The van der Waals surface area contributed by atoms with Gasteiger partial charge in [0.05, 0.1) is 23.6 Å². The van der Waals surface area contributed by atoms with Crippen LogP contribution in [0.3, 0.4) is 0 Å². The van der Waals surface area contributed by atoms with E-state index in [0.717, 1.165) is 19.0 Å². The van der Waals surface area contributed by atoms with Crippen LogP contribution in [0.25, 0.3) is 11.3 Å². The lowest BCUT2D eigenvalue weighted by molar-refractivity contribution is -0.149. The van der Waals surface area contributed by atoms with Gasteiger partial charge in [-0.3, -0.25) is 23.9 Å². The summed E-state index contributed by atoms with van der Waals surface area (Å²) >= 11 is 0. The summed E-state index contributed by atoms with van der Waals surface area (Å²) in [7, 11) is 0. The van der Waals surface area contributed by atoms with Crippen LogP contribution in [0.15, 0.2) is 36.8 Å². The van der Waals surface area contributed by atoms with E-state index in [1.54, 1.807) is 4.90 Å². The zero-order valence-electron chi connectivity index (χ0n) is 23.4. The summed E-state index contributed by atoms with van der Waals surface area (Å²) in [5.41, 5.74) is -1.86. The Kier molecular flexibility index (Phi) is 8.26. The molecule has 16 heteroatoms. The second-order valence-corrected chi connectivity index (χ2v) is 11.3. The van der Waals surface area contributed by atoms with Gasteiger partial charge in [0.2, 0.25) is 0 Å². The maximum absolute atomic E-state index is 13.8. The molecule has 5 rings (SSSR count). The fourth-order valence-corrected chi connectivity index (χ4v) is 5.30. The molecule has 0 atom stereocenters. The molecule has 5 heterocycles. The lowest BCUT2D eigenvalue weighted by Gasteiger charge is -2.47. The minimum absolute atomic E-state index is 0.127. The van der Waals surface area contributed by atoms with Crippen molar-refractivity contribution >= 4 is 17.5 Å². The molecule has 2 fully saturated rings. The molecule has 0 radical (unpaired) electrons. The maximum atomic E-state index is 13.8. The number of aliphatic hydroxyl groups is 1. The standard InChI is InChI=1S/C27H31F5N8O3/c1-26(2,43)25(42)37-8-6-17(7-9-37)38-12-18(13-38)40-14-21(22(36-40)23(28)29)35-24(41)20-5-3-4-19(34-20)16-10-33-39(11-16)15-27(30,31)32/h3-5,10-11,14,17-18,23,43H,6-9,12-13,15H2,1-2H3,(H,35,41). The van der Waals surface area contributed by atoms with Crippen molar-refractivity contribution in [2.24, 2.45) is 0 Å². The van der Waals surface area contributed by atoms with Crippen LogP contribution in [0, 0.1) is 0 Å². The number of aromatic nitrogens is 5. The minimum Gasteiger partial charge on any atom is -0.381 e. The lowest BCUT2D eigenvalue weighted by atomic mass is 9.96. The third-order valence-electron chi connectivity index (χ3n) is 7.52. The lowest BCUT2D eigenvalue weighted by Crippen LogP contribution is -2.57. The number of nitrogens with zero attached hydrogens (tertiary/aromatic N) is 7. The number of hydrogen-bond donors (Lipinski definition) is 2. The molecule has 2 saturated heterocycles. The summed E-state index contributed by atoms with van der Waals surface area (Å²) < 4.78 is 67.8. The minimum atomic E-state index is -4.46. The Bertz CT molecular complexity index is 1470. The monoisotopic (exact) mass is 610 g/mol. The Morgan fingerprint density at radius 2 is 1.79 bits per heavy atom. The van der Waals surface area contributed by atoms with E-state index in [1.807, 2.05) is 0 Å². The molecule has 2 N–H and O–H groups in total. The van der Waals surface area contributed by atoms with Crippen LogP contribution < -0.4 is 5.32 Å². The van der Waals surface area contributed by atoms with Crippen molar-refractivity contribution in [2.75, 3.05) is 31.5 Å². The van der Waals surface area contributed by atoms with Crippen molar-refractivity contribution in [3.05, 3.63) is 48.2 Å². The number of nitrogens with one attached hydrogen (secondary N) is 1. The number of piperidine rings is 1. The van der Waals surface area contributed by atoms with Crippen LogP contribution in [0.5, 0.6) is 0 Å². The van der Waals surface area contributed by atoms with E-state index in [9.17, 15) is 36.6 Å². The van der Waals surface area contributed by atoms with Gasteiger partial charge in [-0.2, -0.15) is 23.4 Å². The second-order valence-electron chi connectivity index (χ2n) is 11.3. The van der Waals surface area contributed by atoms with E-state index >= 15 is 0 Å². The molecule has 3 aromatic rings. The van der Waals surface area contributed by atoms with Crippen LogP contribution in [-0.2, 0) is 11.3 Å². The van der Waals surface area contributed by atoms with Gasteiger partial charge in [0.1, 0.15) is 17.8 Å². The molecule has 2 aliphatic rings. The van der Waals surface area contributed by atoms with Gasteiger partial charge < -0.3 is 15.3 Å². The Labute approximate surface area is 243 Å².